The van der Waals surface area contributed by atoms with E-state index in [1.54, 1.807) is 6.07 Å². The van der Waals surface area contributed by atoms with E-state index in [-0.39, 0.29) is 0 Å². The third-order valence-electron chi connectivity index (χ3n) is 6.19. The van der Waals surface area contributed by atoms with Gasteiger partial charge in [-0.2, -0.15) is 0 Å². The molecule has 40 heavy (non-hydrogen) atoms. The second-order valence-corrected chi connectivity index (χ2v) is 8.81. The van der Waals surface area contributed by atoms with E-state index in [0.29, 0.717) is 35.0 Å². The highest BCUT2D eigenvalue weighted by atomic mass is 16.4. The highest BCUT2D eigenvalue weighted by Gasteiger charge is 2.15. The first-order valence-corrected chi connectivity index (χ1v) is 12.5. The lowest BCUT2D eigenvalue weighted by Gasteiger charge is -2.02. The molecule has 0 saturated carbocycles. The summed E-state index contributed by atoms with van der Waals surface area (Å²) in [4.78, 5) is 9.35. The molecular weight excluding hydrogens is 500 g/mol. The Morgan fingerprint density at radius 3 is 1.48 bits per heavy atom. The van der Waals surface area contributed by atoms with Gasteiger partial charge in [-0.3, -0.25) is 0 Å². The lowest BCUT2D eigenvalue weighted by Crippen LogP contribution is -1.87. The summed E-state index contributed by atoms with van der Waals surface area (Å²) in [6.07, 6.45) is 0. The van der Waals surface area contributed by atoms with Crippen LogP contribution in [0.2, 0.25) is 0 Å². The lowest BCUT2D eigenvalue weighted by molar-refractivity contribution is 0.580. The lowest BCUT2D eigenvalue weighted by atomic mass is 10.1. The zero-order valence-corrected chi connectivity index (χ0v) is 20.9. The summed E-state index contributed by atoms with van der Waals surface area (Å²) >= 11 is 0. The van der Waals surface area contributed by atoms with Gasteiger partial charge in [0.05, 0.1) is 11.4 Å². The molecule has 0 fully saturated rings. The molecule has 7 rings (SSSR count). The van der Waals surface area contributed by atoms with Crippen molar-refractivity contribution in [1.82, 2.24) is 30.4 Å². The maximum Gasteiger partial charge on any atom is 0.266 e. The molecule has 0 bridgehead atoms. The van der Waals surface area contributed by atoms with Gasteiger partial charge in [0.1, 0.15) is 11.4 Å². The fourth-order valence-electron chi connectivity index (χ4n) is 4.19. The Bertz CT molecular complexity index is 1760. The first-order valence-electron chi connectivity index (χ1n) is 12.5. The summed E-state index contributed by atoms with van der Waals surface area (Å²) in [6.45, 7) is 0. The molecule has 8 nitrogen and oxygen atoms in total. The number of benzene rings is 2. The van der Waals surface area contributed by atoms with Crippen LogP contribution < -0.4 is 0 Å². The second-order valence-electron chi connectivity index (χ2n) is 8.81. The largest absolute Gasteiger partial charge is 0.415 e. The van der Waals surface area contributed by atoms with E-state index < -0.39 is 0 Å². The van der Waals surface area contributed by atoms with Gasteiger partial charge in [0.15, 0.2) is 0 Å². The molecule has 0 aliphatic rings. The summed E-state index contributed by atoms with van der Waals surface area (Å²) in [5, 5.41) is 16.9. The van der Waals surface area contributed by atoms with Gasteiger partial charge >= 0.3 is 0 Å². The third-order valence-corrected chi connectivity index (χ3v) is 6.19. The van der Waals surface area contributed by atoms with Crippen molar-refractivity contribution in [2.75, 3.05) is 0 Å². The predicted molar refractivity (Wildman–Crippen MR) is 148 cm³/mol. The van der Waals surface area contributed by atoms with E-state index in [1.807, 2.05) is 103 Å². The molecule has 188 valence electrons. The van der Waals surface area contributed by atoms with Crippen LogP contribution in [0.25, 0.3) is 68.6 Å². The normalized spacial score (nSPS) is 10.8. The molecule has 0 radical (unpaired) electrons. The summed E-state index contributed by atoms with van der Waals surface area (Å²) in [6, 6.07) is 40.2. The summed E-state index contributed by atoms with van der Waals surface area (Å²) in [5.74, 6) is 1.44. The Kier molecular flexibility index (Phi) is 5.85. The Hall–Kier alpha value is -5.94. The van der Waals surface area contributed by atoms with Crippen molar-refractivity contribution in [3.63, 3.8) is 0 Å². The molecule has 0 saturated heterocycles. The SMILES string of the molecule is c1ccc(-c2cccc(-c3nnc(-c4ccc(-c5nnc(-c6cccc(-c7ccccc7)n6)o5)cc4)o3)n2)cc#1. The van der Waals surface area contributed by atoms with E-state index >= 15 is 0 Å². The molecule has 8 heteroatoms. The molecule has 0 atom stereocenters. The number of hydrogen-bond acceptors (Lipinski definition) is 8. The van der Waals surface area contributed by atoms with Crippen LogP contribution >= 0.6 is 0 Å². The first-order chi connectivity index (χ1) is 19.8. The standard InChI is InChI=1S/C32H18N6O2/c1-3-9-21(10-4-1)25-13-7-15-27(33-25)31-37-35-29(39-31)23-17-19-24(20-18-23)30-36-38-32(40-30)28-16-8-14-26(34-28)22-11-5-2-6-12-22/h1,3-5,7-20H. The first kappa shape index (κ1) is 23.2. The Morgan fingerprint density at radius 1 is 0.400 bits per heavy atom. The summed E-state index contributed by atoms with van der Waals surface area (Å²) in [7, 11) is 0. The summed E-state index contributed by atoms with van der Waals surface area (Å²) in [5.41, 5.74) is 6.27. The van der Waals surface area contributed by atoms with Crippen molar-refractivity contribution in [2.45, 2.75) is 0 Å². The molecule has 0 unspecified atom stereocenters. The van der Waals surface area contributed by atoms with Gasteiger partial charge in [-0.25, -0.2) is 9.97 Å². The van der Waals surface area contributed by atoms with E-state index in [9.17, 15) is 0 Å². The van der Waals surface area contributed by atoms with Crippen molar-refractivity contribution in [1.29, 1.82) is 0 Å². The van der Waals surface area contributed by atoms with Crippen LogP contribution in [0.15, 0.2) is 118 Å². The topological polar surface area (TPSA) is 104 Å². The molecule has 0 aliphatic carbocycles. The van der Waals surface area contributed by atoms with Gasteiger partial charge in [0.25, 0.3) is 11.8 Å². The predicted octanol–water partition coefficient (Wildman–Crippen LogP) is 6.84. The molecule has 4 aromatic heterocycles. The number of aromatic nitrogens is 6. The highest BCUT2D eigenvalue weighted by Crippen LogP contribution is 2.29. The van der Waals surface area contributed by atoms with E-state index in [0.717, 1.165) is 33.6 Å². The van der Waals surface area contributed by atoms with Gasteiger partial charge in [-0.05, 0) is 66.7 Å². The number of hydrogen-bond donors (Lipinski definition) is 0. The van der Waals surface area contributed by atoms with E-state index in [2.05, 4.69) is 37.5 Å². The monoisotopic (exact) mass is 518 g/mol. The third kappa shape index (κ3) is 4.59. The molecule has 0 amide bonds. The van der Waals surface area contributed by atoms with Crippen molar-refractivity contribution in [3.8, 4) is 68.6 Å². The summed E-state index contributed by atoms with van der Waals surface area (Å²) < 4.78 is 11.9. The maximum absolute atomic E-state index is 5.95. The molecule has 0 N–H and O–H groups in total. The quantitative estimate of drug-likeness (QED) is 0.236. The van der Waals surface area contributed by atoms with E-state index in [1.165, 1.54) is 0 Å². The molecule has 7 aromatic rings. The number of nitrogens with zero attached hydrogens (tertiary/aromatic N) is 6. The fraction of sp³-hybridized carbons (Fsp3) is 0. The van der Waals surface area contributed by atoms with Crippen molar-refractivity contribution < 1.29 is 8.83 Å². The fourth-order valence-corrected chi connectivity index (χ4v) is 4.19. The minimum Gasteiger partial charge on any atom is -0.415 e. The molecule has 0 spiro atoms. The van der Waals surface area contributed by atoms with Gasteiger partial charge in [-0.1, -0.05) is 54.6 Å². The highest BCUT2D eigenvalue weighted by molar-refractivity contribution is 5.66. The number of rotatable bonds is 6. The smallest absolute Gasteiger partial charge is 0.266 e. The average Bonchev–Trinajstić information content (AvgIpc) is 3.74. The van der Waals surface area contributed by atoms with Crippen molar-refractivity contribution in [2.24, 2.45) is 0 Å². The van der Waals surface area contributed by atoms with Crippen LogP contribution in [-0.4, -0.2) is 30.4 Å². The van der Waals surface area contributed by atoms with Crippen LogP contribution in [0, 0.1) is 12.1 Å². The van der Waals surface area contributed by atoms with Crippen molar-refractivity contribution in [3.05, 3.63) is 121 Å². The minimum atomic E-state index is 0.333. The van der Waals surface area contributed by atoms with Crippen LogP contribution in [0.1, 0.15) is 0 Å². The van der Waals surface area contributed by atoms with Gasteiger partial charge < -0.3 is 8.83 Å². The maximum atomic E-state index is 5.95. The zero-order chi connectivity index (χ0) is 26.7. The van der Waals surface area contributed by atoms with Crippen LogP contribution in [-0.2, 0) is 0 Å². The van der Waals surface area contributed by atoms with Crippen LogP contribution in [0.5, 0.6) is 0 Å². The Morgan fingerprint density at radius 2 is 0.925 bits per heavy atom. The molecular formula is C32H18N6O2. The zero-order valence-electron chi connectivity index (χ0n) is 20.9. The van der Waals surface area contributed by atoms with Gasteiger partial charge in [-0.15, -0.1) is 20.4 Å². The van der Waals surface area contributed by atoms with Crippen LogP contribution in [0.4, 0.5) is 0 Å². The van der Waals surface area contributed by atoms with Crippen molar-refractivity contribution >= 4 is 0 Å². The van der Waals surface area contributed by atoms with Gasteiger partial charge in [0, 0.05) is 22.3 Å². The van der Waals surface area contributed by atoms with Crippen LogP contribution in [0.3, 0.4) is 0 Å². The Labute approximate surface area is 229 Å². The van der Waals surface area contributed by atoms with Gasteiger partial charge in [0.2, 0.25) is 11.8 Å². The molecule has 3 aromatic carbocycles. The molecule has 0 aliphatic heterocycles. The van der Waals surface area contributed by atoms with E-state index in [4.69, 9.17) is 13.8 Å². The minimum absolute atomic E-state index is 0.333. The second kappa shape index (κ2) is 10.1. The average molecular weight is 519 g/mol. The molecule has 4 heterocycles. The number of pyridine rings is 2. The Balaban J connectivity index is 1.11.